The summed E-state index contributed by atoms with van der Waals surface area (Å²) in [7, 11) is 0. The van der Waals surface area contributed by atoms with Crippen LogP contribution in [0.15, 0.2) is 24.3 Å². The van der Waals surface area contributed by atoms with E-state index in [1.165, 1.54) is 0 Å². The van der Waals surface area contributed by atoms with Crippen molar-refractivity contribution in [3.63, 3.8) is 0 Å². The van der Waals surface area contributed by atoms with Crippen LogP contribution < -0.4 is 5.32 Å². The molecule has 2 aliphatic rings. The lowest BCUT2D eigenvalue weighted by atomic mass is 10.1. The molecule has 5 nitrogen and oxygen atoms in total. The summed E-state index contributed by atoms with van der Waals surface area (Å²) in [4.78, 5) is 25.8. The summed E-state index contributed by atoms with van der Waals surface area (Å²) < 4.78 is 0. The van der Waals surface area contributed by atoms with E-state index in [1.54, 1.807) is 24.3 Å². The van der Waals surface area contributed by atoms with Crippen LogP contribution in [-0.2, 0) is 9.59 Å². The van der Waals surface area contributed by atoms with Gasteiger partial charge in [-0.15, -0.1) is 0 Å². The number of nitriles is 1. The lowest BCUT2D eigenvalue weighted by Crippen LogP contribution is -2.29. The smallest absolute Gasteiger partial charge is 0.229 e. The number of benzene rings is 1. The zero-order chi connectivity index (χ0) is 14.1. The van der Waals surface area contributed by atoms with Gasteiger partial charge in [0.15, 0.2) is 0 Å². The van der Waals surface area contributed by atoms with Gasteiger partial charge in [-0.2, -0.15) is 5.26 Å². The molecule has 2 amide bonds. The minimum atomic E-state index is -0.283. The highest BCUT2D eigenvalue weighted by Crippen LogP contribution is 2.32. The van der Waals surface area contributed by atoms with E-state index in [0.717, 1.165) is 12.8 Å². The van der Waals surface area contributed by atoms with Crippen molar-refractivity contribution in [2.24, 2.45) is 5.92 Å². The van der Waals surface area contributed by atoms with Crippen molar-refractivity contribution < 1.29 is 9.59 Å². The Kier molecular flexibility index (Phi) is 3.15. The molecule has 1 aromatic carbocycles. The van der Waals surface area contributed by atoms with Crippen LogP contribution in [0.5, 0.6) is 0 Å². The maximum absolute atomic E-state index is 12.2. The number of amides is 2. The lowest BCUT2D eigenvalue weighted by Gasteiger charge is -2.15. The molecule has 1 saturated heterocycles. The number of carbonyl (C=O) groups is 2. The summed E-state index contributed by atoms with van der Waals surface area (Å²) in [6.45, 7) is 0.521. The third kappa shape index (κ3) is 2.50. The van der Waals surface area contributed by atoms with E-state index in [0.29, 0.717) is 30.3 Å². The zero-order valence-electron chi connectivity index (χ0n) is 11.0. The van der Waals surface area contributed by atoms with Crippen LogP contribution in [0.2, 0.25) is 0 Å². The Labute approximate surface area is 117 Å². The standard InChI is InChI=1S/C15H15N3O2/c16-8-10-2-1-3-12(6-10)17-15(20)11-7-14(19)18(9-11)13-4-5-13/h1-3,6,11,13H,4-5,7,9H2,(H,17,20). The number of nitrogens with one attached hydrogen (secondary N) is 1. The van der Waals surface area contributed by atoms with Crippen molar-refractivity contribution >= 4 is 17.5 Å². The van der Waals surface area contributed by atoms with Crippen LogP contribution in [0.4, 0.5) is 5.69 Å². The summed E-state index contributed by atoms with van der Waals surface area (Å²) in [5.74, 6) is -0.344. The van der Waals surface area contributed by atoms with Gasteiger partial charge in [0.2, 0.25) is 11.8 Å². The largest absolute Gasteiger partial charge is 0.339 e. The third-order valence-corrected chi connectivity index (χ3v) is 3.78. The minimum absolute atomic E-state index is 0.0819. The van der Waals surface area contributed by atoms with Crippen molar-refractivity contribution in [2.75, 3.05) is 11.9 Å². The molecule has 1 N–H and O–H groups in total. The molecule has 1 atom stereocenters. The molecule has 1 aliphatic carbocycles. The summed E-state index contributed by atoms with van der Waals surface area (Å²) in [6.07, 6.45) is 2.41. The van der Waals surface area contributed by atoms with E-state index >= 15 is 0 Å². The quantitative estimate of drug-likeness (QED) is 0.903. The third-order valence-electron chi connectivity index (χ3n) is 3.78. The number of anilines is 1. The molecule has 3 rings (SSSR count). The van der Waals surface area contributed by atoms with E-state index in [2.05, 4.69) is 5.32 Å². The number of likely N-dealkylation sites (tertiary alicyclic amines) is 1. The summed E-state index contributed by atoms with van der Waals surface area (Å²) in [6, 6.07) is 9.18. The average Bonchev–Trinajstić information content (AvgIpc) is 3.21. The average molecular weight is 269 g/mol. The van der Waals surface area contributed by atoms with Gasteiger partial charge in [0.1, 0.15) is 0 Å². The Bertz CT molecular complexity index is 601. The van der Waals surface area contributed by atoms with E-state index in [-0.39, 0.29) is 17.7 Å². The predicted octanol–water partition coefficient (Wildman–Crippen LogP) is 1.51. The summed E-state index contributed by atoms with van der Waals surface area (Å²) in [5.41, 5.74) is 1.11. The molecule has 20 heavy (non-hydrogen) atoms. The van der Waals surface area contributed by atoms with Gasteiger partial charge in [-0.3, -0.25) is 9.59 Å². The van der Waals surface area contributed by atoms with Crippen LogP contribution >= 0.6 is 0 Å². The Hall–Kier alpha value is -2.35. The van der Waals surface area contributed by atoms with Crippen LogP contribution in [0.3, 0.4) is 0 Å². The second-order valence-corrected chi connectivity index (χ2v) is 5.36. The molecule has 1 saturated carbocycles. The number of hydrogen-bond acceptors (Lipinski definition) is 3. The molecule has 1 aliphatic heterocycles. The van der Waals surface area contributed by atoms with E-state index < -0.39 is 0 Å². The van der Waals surface area contributed by atoms with Gasteiger partial charge in [-0.1, -0.05) is 6.07 Å². The normalized spacial score (nSPS) is 21.6. The second kappa shape index (κ2) is 4.97. The molecule has 0 bridgehead atoms. The van der Waals surface area contributed by atoms with E-state index in [9.17, 15) is 9.59 Å². The van der Waals surface area contributed by atoms with Gasteiger partial charge in [-0.05, 0) is 31.0 Å². The molecule has 5 heteroatoms. The second-order valence-electron chi connectivity index (χ2n) is 5.36. The van der Waals surface area contributed by atoms with Crippen molar-refractivity contribution in [1.29, 1.82) is 5.26 Å². The highest BCUT2D eigenvalue weighted by Gasteiger charge is 2.41. The molecule has 1 unspecified atom stereocenters. The summed E-state index contributed by atoms with van der Waals surface area (Å²) in [5, 5.41) is 11.6. The van der Waals surface area contributed by atoms with E-state index in [1.807, 2.05) is 11.0 Å². The molecule has 0 spiro atoms. The van der Waals surface area contributed by atoms with Crippen molar-refractivity contribution in [1.82, 2.24) is 4.90 Å². The predicted molar refractivity (Wildman–Crippen MR) is 72.6 cm³/mol. The van der Waals surface area contributed by atoms with Gasteiger partial charge in [0, 0.05) is 24.7 Å². The fourth-order valence-electron chi connectivity index (χ4n) is 2.56. The molecule has 0 aromatic heterocycles. The Morgan fingerprint density at radius 1 is 1.40 bits per heavy atom. The Balaban J connectivity index is 1.64. The van der Waals surface area contributed by atoms with Gasteiger partial charge in [-0.25, -0.2) is 0 Å². The van der Waals surface area contributed by atoms with Crippen LogP contribution in [0.25, 0.3) is 0 Å². The number of rotatable bonds is 3. The monoisotopic (exact) mass is 269 g/mol. The van der Waals surface area contributed by atoms with Crippen molar-refractivity contribution in [3.05, 3.63) is 29.8 Å². The Morgan fingerprint density at radius 2 is 2.20 bits per heavy atom. The molecule has 1 heterocycles. The SMILES string of the molecule is N#Cc1cccc(NC(=O)C2CC(=O)N(C3CC3)C2)c1. The molecule has 102 valence electrons. The van der Waals surface area contributed by atoms with Crippen LogP contribution in [0.1, 0.15) is 24.8 Å². The first kappa shape index (κ1) is 12.7. The molecule has 0 radical (unpaired) electrons. The number of carbonyl (C=O) groups excluding carboxylic acids is 2. The van der Waals surface area contributed by atoms with Gasteiger partial charge in [0.05, 0.1) is 17.6 Å². The molecular formula is C15H15N3O2. The van der Waals surface area contributed by atoms with Gasteiger partial charge in [0.25, 0.3) is 0 Å². The van der Waals surface area contributed by atoms with Gasteiger partial charge >= 0.3 is 0 Å². The number of hydrogen-bond donors (Lipinski definition) is 1. The van der Waals surface area contributed by atoms with Crippen molar-refractivity contribution in [2.45, 2.75) is 25.3 Å². The fraction of sp³-hybridized carbons (Fsp3) is 0.400. The highest BCUT2D eigenvalue weighted by atomic mass is 16.2. The first-order valence-corrected chi connectivity index (χ1v) is 6.78. The lowest BCUT2D eigenvalue weighted by molar-refractivity contribution is -0.128. The van der Waals surface area contributed by atoms with Crippen molar-refractivity contribution in [3.8, 4) is 6.07 Å². The maximum Gasteiger partial charge on any atom is 0.229 e. The molecule has 2 fully saturated rings. The molecular weight excluding hydrogens is 254 g/mol. The summed E-state index contributed by atoms with van der Waals surface area (Å²) >= 11 is 0. The first-order valence-electron chi connectivity index (χ1n) is 6.78. The highest BCUT2D eigenvalue weighted by molar-refractivity contribution is 5.97. The van der Waals surface area contributed by atoms with E-state index in [4.69, 9.17) is 5.26 Å². The minimum Gasteiger partial charge on any atom is -0.339 e. The maximum atomic E-state index is 12.2. The Morgan fingerprint density at radius 3 is 2.90 bits per heavy atom. The van der Waals surface area contributed by atoms with Crippen LogP contribution in [-0.4, -0.2) is 29.3 Å². The zero-order valence-corrected chi connectivity index (χ0v) is 11.0. The fourth-order valence-corrected chi connectivity index (χ4v) is 2.56. The topological polar surface area (TPSA) is 73.2 Å². The molecule has 1 aromatic rings. The van der Waals surface area contributed by atoms with Gasteiger partial charge < -0.3 is 10.2 Å². The number of nitrogens with zero attached hydrogens (tertiary/aromatic N) is 2. The van der Waals surface area contributed by atoms with Crippen LogP contribution in [0, 0.1) is 17.2 Å². The first-order chi connectivity index (χ1) is 9.67.